The first-order valence-corrected chi connectivity index (χ1v) is 20.1. The van der Waals surface area contributed by atoms with E-state index in [9.17, 15) is 0 Å². The Labute approximate surface area is 195 Å². The van der Waals surface area contributed by atoms with Gasteiger partial charge >= 0.3 is 184 Å². The van der Waals surface area contributed by atoms with Gasteiger partial charge in [0.05, 0.1) is 0 Å². The van der Waals surface area contributed by atoms with Crippen molar-refractivity contribution in [2.45, 2.75) is 93.7 Å². The first-order valence-electron chi connectivity index (χ1n) is 10.6. The van der Waals surface area contributed by atoms with Gasteiger partial charge in [0, 0.05) is 0 Å². The van der Waals surface area contributed by atoms with E-state index in [4.69, 9.17) is 0 Å². The second-order valence-electron chi connectivity index (χ2n) is 12.5. The SMILES string of the molecule is CC(C)(C)C1=[C]([Zr][C]2=C(C(C)(C)C)C([Si](C)(C)C)=CC2)CC=C1[Si](C)(C)C.Cl. The molecule has 28 heavy (non-hydrogen) atoms. The molecule has 2 rings (SSSR count). The van der Waals surface area contributed by atoms with Gasteiger partial charge < -0.3 is 0 Å². The third-order valence-electron chi connectivity index (χ3n) is 5.58. The van der Waals surface area contributed by atoms with Crippen molar-refractivity contribution in [1.82, 2.24) is 0 Å². The predicted octanol–water partition coefficient (Wildman–Crippen LogP) is 8.51. The van der Waals surface area contributed by atoms with Gasteiger partial charge in [-0.1, -0.05) is 0 Å². The summed E-state index contributed by atoms with van der Waals surface area (Å²) >= 11 is -0.719. The second-order valence-corrected chi connectivity index (χ2v) is 26.1. The largest absolute Gasteiger partial charge is 0.147 e. The molecule has 0 aromatic rings. The van der Waals surface area contributed by atoms with Crippen LogP contribution in [0.25, 0.3) is 0 Å². The van der Waals surface area contributed by atoms with Gasteiger partial charge in [0.2, 0.25) is 0 Å². The van der Waals surface area contributed by atoms with Crippen molar-refractivity contribution in [3.63, 3.8) is 0 Å². The van der Waals surface area contributed by atoms with Crippen LogP contribution in [0.1, 0.15) is 54.4 Å². The van der Waals surface area contributed by atoms with E-state index in [0.29, 0.717) is 0 Å². The van der Waals surface area contributed by atoms with E-state index >= 15 is 0 Å². The zero-order valence-corrected chi connectivity index (χ0v) is 25.8. The van der Waals surface area contributed by atoms with E-state index in [-0.39, 0.29) is 23.2 Å². The Balaban J connectivity index is 0.00000392. The fourth-order valence-electron chi connectivity index (χ4n) is 4.63. The summed E-state index contributed by atoms with van der Waals surface area (Å²) in [5.74, 6) is 0. The summed E-state index contributed by atoms with van der Waals surface area (Å²) < 4.78 is 3.76. The summed E-state index contributed by atoms with van der Waals surface area (Å²) in [7, 11) is -2.57. The summed E-state index contributed by atoms with van der Waals surface area (Å²) in [5, 5.41) is 3.53. The van der Waals surface area contributed by atoms with Crippen molar-refractivity contribution in [3.05, 3.63) is 40.3 Å². The molecular weight excluding hydrogens is 471 g/mol. The van der Waals surface area contributed by atoms with E-state index in [1.165, 1.54) is 12.8 Å². The van der Waals surface area contributed by atoms with E-state index in [1.807, 2.05) is 6.56 Å². The molecule has 2 aliphatic carbocycles. The molecule has 4 heteroatoms. The van der Waals surface area contributed by atoms with Crippen LogP contribution in [0.5, 0.6) is 0 Å². The van der Waals surface area contributed by atoms with Crippen molar-refractivity contribution in [2.75, 3.05) is 0 Å². The molecule has 0 saturated heterocycles. The maximum Gasteiger partial charge on any atom is -0.147 e. The summed E-state index contributed by atoms with van der Waals surface area (Å²) in [6.45, 7) is 29.8. The molecule has 0 atom stereocenters. The van der Waals surface area contributed by atoms with E-state index in [1.54, 1.807) is 21.5 Å². The minimum absolute atomic E-state index is 0. The van der Waals surface area contributed by atoms with Crippen molar-refractivity contribution >= 4 is 28.6 Å². The number of halogens is 1. The van der Waals surface area contributed by atoms with Gasteiger partial charge in [0.15, 0.2) is 0 Å². The van der Waals surface area contributed by atoms with Gasteiger partial charge in [-0.15, -0.1) is 12.4 Å². The topological polar surface area (TPSA) is 0 Å². The molecule has 0 spiro atoms. The van der Waals surface area contributed by atoms with Crippen LogP contribution in [0.2, 0.25) is 39.3 Å². The molecule has 0 unspecified atom stereocenters. The fourth-order valence-corrected chi connectivity index (χ4v) is 14.2. The van der Waals surface area contributed by atoms with Gasteiger partial charge in [0.25, 0.3) is 0 Å². The smallest absolute Gasteiger partial charge is 0.147 e. The molecule has 158 valence electrons. The van der Waals surface area contributed by atoms with Gasteiger partial charge in [-0.3, -0.25) is 0 Å². The molecule has 0 saturated carbocycles. The molecule has 0 heterocycles. The first-order chi connectivity index (χ1) is 11.9. The van der Waals surface area contributed by atoms with Crippen LogP contribution >= 0.6 is 12.4 Å². The molecular formula is C24H43ClSi2Zr. The molecule has 0 bridgehead atoms. The fraction of sp³-hybridized carbons (Fsp3) is 0.667. The second kappa shape index (κ2) is 8.60. The molecule has 0 N–H and O–H groups in total. The van der Waals surface area contributed by atoms with Gasteiger partial charge in [0.1, 0.15) is 0 Å². The molecule has 0 nitrogen and oxygen atoms in total. The van der Waals surface area contributed by atoms with Crippen LogP contribution < -0.4 is 0 Å². The molecule has 0 amide bonds. The normalized spacial score (nSPS) is 19.0. The Morgan fingerprint density at radius 3 is 1.14 bits per heavy atom. The van der Waals surface area contributed by atoms with E-state index in [0.717, 1.165) is 0 Å². The van der Waals surface area contributed by atoms with Gasteiger partial charge in [-0.2, -0.15) is 0 Å². The Kier molecular flexibility index (Phi) is 8.17. The summed E-state index contributed by atoms with van der Waals surface area (Å²) in [4.78, 5) is 0. The molecule has 0 radical (unpaired) electrons. The van der Waals surface area contributed by atoms with Crippen LogP contribution in [0.15, 0.2) is 40.3 Å². The molecule has 0 fully saturated rings. The number of rotatable bonds is 4. The maximum atomic E-state index is 2.63. The zero-order chi connectivity index (χ0) is 21.0. The molecule has 0 aromatic heterocycles. The predicted molar refractivity (Wildman–Crippen MR) is 132 cm³/mol. The Bertz CT molecular complexity index is 675. The Morgan fingerprint density at radius 1 is 0.643 bits per heavy atom. The van der Waals surface area contributed by atoms with Crippen LogP contribution in [0, 0.1) is 10.8 Å². The zero-order valence-electron chi connectivity index (χ0n) is 20.5. The van der Waals surface area contributed by atoms with Gasteiger partial charge in [-0.05, 0) is 0 Å². The number of hydrogen-bond acceptors (Lipinski definition) is 0. The average Bonchev–Trinajstić information content (AvgIpc) is 3.00. The monoisotopic (exact) mass is 512 g/mol. The van der Waals surface area contributed by atoms with Crippen LogP contribution in [-0.4, -0.2) is 16.1 Å². The van der Waals surface area contributed by atoms with Gasteiger partial charge in [-0.25, -0.2) is 0 Å². The Morgan fingerprint density at radius 2 is 0.929 bits per heavy atom. The molecule has 0 aromatic carbocycles. The minimum Gasteiger partial charge on any atom is -0.147 e. The average molecular weight is 514 g/mol. The molecule has 2 aliphatic rings. The number of hydrogen-bond donors (Lipinski definition) is 0. The molecule has 0 aliphatic heterocycles. The van der Waals surface area contributed by atoms with Crippen LogP contribution in [0.3, 0.4) is 0 Å². The van der Waals surface area contributed by atoms with Crippen molar-refractivity contribution < 1.29 is 23.2 Å². The standard InChI is InChI=1S/2C12H21Si.ClH.Zr/c2*1-12(2,3)10-8-7-9-11(10)13(4,5)6;;/h2*9H,7H2,1-6H3;1H;. The Hall–Kier alpha value is 0.567. The first kappa shape index (κ1) is 26.6. The van der Waals surface area contributed by atoms with Crippen LogP contribution in [0.4, 0.5) is 0 Å². The van der Waals surface area contributed by atoms with E-state index < -0.39 is 39.4 Å². The maximum absolute atomic E-state index is 2.63. The summed E-state index contributed by atoms with van der Waals surface area (Å²) in [5.41, 5.74) is 4.12. The quantitative estimate of drug-likeness (QED) is 0.330. The minimum atomic E-state index is -1.28. The summed E-state index contributed by atoms with van der Waals surface area (Å²) in [6, 6.07) is 0. The number of allylic oxidation sites excluding steroid dienone is 8. The summed E-state index contributed by atoms with van der Waals surface area (Å²) in [6.07, 6.45) is 7.76. The van der Waals surface area contributed by atoms with Crippen molar-refractivity contribution in [2.24, 2.45) is 10.8 Å². The van der Waals surface area contributed by atoms with E-state index in [2.05, 4.69) is 93.0 Å². The van der Waals surface area contributed by atoms with Crippen molar-refractivity contribution in [1.29, 1.82) is 0 Å². The third kappa shape index (κ3) is 5.83. The van der Waals surface area contributed by atoms with Crippen molar-refractivity contribution in [3.8, 4) is 0 Å². The third-order valence-corrected chi connectivity index (χ3v) is 13.4. The van der Waals surface area contributed by atoms with Crippen LogP contribution in [-0.2, 0) is 23.2 Å².